The summed E-state index contributed by atoms with van der Waals surface area (Å²) in [6.07, 6.45) is 1.57. The van der Waals surface area contributed by atoms with Crippen molar-refractivity contribution in [2.75, 3.05) is 10.8 Å². The Morgan fingerprint density at radius 3 is 2.30 bits per heavy atom. The number of carbonyl (C=O) groups excluding carboxylic acids is 1. The summed E-state index contributed by atoms with van der Waals surface area (Å²) < 4.78 is 28.1. The predicted octanol–water partition coefficient (Wildman–Crippen LogP) is 5.29. The van der Waals surface area contributed by atoms with Crippen molar-refractivity contribution in [1.82, 2.24) is 5.32 Å². The van der Waals surface area contributed by atoms with Crippen LogP contribution in [0.4, 0.5) is 5.69 Å². The van der Waals surface area contributed by atoms with E-state index in [2.05, 4.69) is 5.32 Å². The van der Waals surface area contributed by atoms with Gasteiger partial charge < -0.3 is 5.32 Å². The zero-order valence-corrected chi connectivity index (χ0v) is 20.7. The normalized spacial score (nSPS) is 12.2. The van der Waals surface area contributed by atoms with E-state index in [1.165, 1.54) is 5.56 Å². The predicted molar refractivity (Wildman–Crippen MR) is 134 cm³/mol. The standard InChI is InChI=1S/C26H29ClN2O3S/c1-19-9-15-24(16-10-19)33(31,32)29(23-14-11-20(2)25(27)17-23)18-26(30)28-21(3)12-13-22-7-5-4-6-8-22/h4-11,14-17,21H,12-13,18H2,1-3H3,(H,28,30)/t21-/m0/s1. The van der Waals surface area contributed by atoms with Crippen molar-refractivity contribution in [3.8, 4) is 0 Å². The number of carbonyl (C=O) groups is 1. The molecule has 0 saturated heterocycles. The van der Waals surface area contributed by atoms with Gasteiger partial charge in [0, 0.05) is 11.1 Å². The Kier molecular flexibility index (Phi) is 8.16. The summed E-state index contributed by atoms with van der Waals surface area (Å²) in [6.45, 7) is 5.30. The number of sulfonamides is 1. The van der Waals surface area contributed by atoms with Crippen molar-refractivity contribution in [3.05, 3.63) is 94.5 Å². The second kappa shape index (κ2) is 10.9. The highest BCUT2D eigenvalue weighted by Gasteiger charge is 2.28. The van der Waals surface area contributed by atoms with Gasteiger partial charge in [-0.05, 0) is 69.0 Å². The first-order valence-corrected chi connectivity index (χ1v) is 12.7. The lowest BCUT2D eigenvalue weighted by atomic mass is 10.1. The molecule has 0 saturated carbocycles. The Morgan fingerprint density at radius 2 is 1.67 bits per heavy atom. The molecule has 0 aromatic heterocycles. The molecule has 3 aromatic carbocycles. The van der Waals surface area contributed by atoms with E-state index in [4.69, 9.17) is 11.6 Å². The Hall–Kier alpha value is -2.83. The van der Waals surface area contributed by atoms with Crippen molar-refractivity contribution in [1.29, 1.82) is 0 Å². The van der Waals surface area contributed by atoms with E-state index in [-0.39, 0.29) is 23.4 Å². The van der Waals surface area contributed by atoms with Gasteiger partial charge in [0.15, 0.2) is 0 Å². The maximum Gasteiger partial charge on any atom is 0.264 e. The van der Waals surface area contributed by atoms with E-state index < -0.39 is 10.0 Å². The van der Waals surface area contributed by atoms with Gasteiger partial charge in [0.05, 0.1) is 10.6 Å². The van der Waals surface area contributed by atoms with Crippen LogP contribution in [0.5, 0.6) is 0 Å². The Balaban J connectivity index is 1.79. The summed E-state index contributed by atoms with van der Waals surface area (Å²) in [5.74, 6) is -0.372. The van der Waals surface area contributed by atoms with Gasteiger partial charge in [0.25, 0.3) is 10.0 Å². The molecule has 0 aliphatic heterocycles. The molecular weight excluding hydrogens is 456 g/mol. The molecule has 0 aliphatic rings. The van der Waals surface area contributed by atoms with Crippen molar-refractivity contribution >= 4 is 33.2 Å². The van der Waals surface area contributed by atoms with Crippen LogP contribution in [0, 0.1) is 13.8 Å². The summed E-state index contributed by atoms with van der Waals surface area (Å²) in [4.78, 5) is 13.0. The van der Waals surface area contributed by atoms with Crippen LogP contribution in [0.25, 0.3) is 0 Å². The lowest BCUT2D eigenvalue weighted by Gasteiger charge is -2.25. The average Bonchev–Trinajstić information content (AvgIpc) is 2.79. The van der Waals surface area contributed by atoms with Crippen LogP contribution in [0.2, 0.25) is 5.02 Å². The molecule has 0 radical (unpaired) electrons. The summed E-state index contributed by atoms with van der Waals surface area (Å²) in [6, 6.07) is 21.5. The van der Waals surface area contributed by atoms with E-state index in [1.54, 1.807) is 42.5 Å². The third-order valence-corrected chi connectivity index (χ3v) is 7.65. The highest BCUT2D eigenvalue weighted by atomic mass is 35.5. The molecule has 174 valence electrons. The quantitative estimate of drug-likeness (QED) is 0.448. The van der Waals surface area contributed by atoms with Crippen LogP contribution >= 0.6 is 11.6 Å². The van der Waals surface area contributed by atoms with Crippen LogP contribution in [0.1, 0.15) is 30.0 Å². The SMILES string of the molecule is Cc1ccc(S(=O)(=O)N(CC(=O)N[C@@H](C)CCc2ccccc2)c2ccc(C)c(Cl)c2)cc1. The number of anilines is 1. The molecule has 0 spiro atoms. The minimum Gasteiger partial charge on any atom is -0.352 e. The first kappa shape index (κ1) is 24.8. The highest BCUT2D eigenvalue weighted by molar-refractivity contribution is 7.92. The smallest absolute Gasteiger partial charge is 0.264 e. The summed E-state index contributed by atoms with van der Waals surface area (Å²) >= 11 is 6.27. The topological polar surface area (TPSA) is 66.5 Å². The largest absolute Gasteiger partial charge is 0.352 e. The number of halogens is 1. The number of rotatable bonds is 9. The molecule has 33 heavy (non-hydrogen) atoms. The number of benzene rings is 3. The van der Waals surface area contributed by atoms with Gasteiger partial charge in [-0.25, -0.2) is 8.42 Å². The molecule has 0 fully saturated rings. The number of nitrogens with zero attached hydrogens (tertiary/aromatic N) is 1. The summed E-state index contributed by atoms with van der Waals surface area (Å²) in [5, 5.41) is 3.37. The minimum absolute atomic E-state index is 0.108. The fourth-order valence-corrected chi connectivity index (χ4v) is 5.03. The molecule has 1 N–H and O–H groups in total. The van der Waals surface area contributed by atoms with Gasteiger partial charge in [-0.1, -0.05) is 65.7 Å². The second-order valence-corrected chi connectivity index (χ2v) is 10.5. The molecule has 0 unspecified atom stereocenters. The van der Waals surface area contributed by atoms with Gasteiger partial charge >= 0.3 is 0 Å². The number of hydrogen-bond acceptors (Lipinski definition) is 3. The van der Waals surface area contributed by atoms with Gasteiger partial charge in [-0.3, -0.25) is 9.10 Å². The molecule has 0 bridgehead atoms. The fourth-order valence-electron chi connectivity index (χ4n) is 3.44. The Morgan fingerprint density at radius 1 is 1.00 bits per heavy atom. The van der Waals surface area contributed by atoms with Gasteiger partial charge in [0.1, 0.15) is 6.54 Å². The summed E-state index contributed by atoms with van der Waals surface area (Å²) in [7, 11) is -3.97. The van der Waals surface area contributed by atoms with Crippen LogP contribution in [-0.4, -0.2) is 26.9 Å². The fraction of sp³-hybridized carbons (Fsp3) is 0.269. The maximum absolute atomic E-state index is 13.5. The second-order valence-electron chi connectivity index (χ2n) is 8.25. The lowest BCUT2D eigenvalue weighted by Crippen LogP contribution is -2.43. The van der Waals surface area contributed by atoms with Gasteiger partial charge in [-0.2, -0.15) is 0 Å². The third-order valence-electron chi connectivity index (χ3n) is 5.46. The van der Waals surface area contributed by atoms with Crippen LogP contribution in [0.15, 0.2) is 77.7 Å². The highest BCUT2D eigenvalue weighted by Crippen LogP contribution is 2.28. The molecular formula is C26H29ClN2O3S. The molecule has 1 atom stereocenters. The van der Waals surface area contributed by atoms with Crippen LogP contribution in [-0.2, 0) is 21.2 Å². The van der Waals surface area contributed by atoms with E-state index in [0.29, 0.717) is 10.7 Å². The average molecular weight is 485 g/mol. The maximum atomic E-state index is 13.5. The Bertz CT molecular complexity index is 1200. The number of nitrogens with one attached hydrogen (secondary N) is 1. The number of hydrogen-bond donors (Lipinski definition) is 1. The number of amides is 1. The molecule has 3 rings (SSSR count). The summed E-state index contributed by atoms with van der Waals surface area (Å²) in [5.41, 5.74) is 3.31. The van der Waals surface area contributed by atoms with Crippen molar-refractivity contribution in [2.45, 2.75) is 44.6 Å². The van der Waals surface area contributed by atoms with Gasteiger partial charge in [-0.15, -0.1) is 0 Å². The third kappa shape index (κ3) is 6.59. The molecule has 3 aromatic rings. The zero-order valence-electron chi connectivity index (χ0n) is 19.1. The van der Waals surface area contributed by atoms with Crippen molar-refractivity contribution in [2.24, 2.45) is 0 Å². The molecule has 1 amide bonds. The van der Waals surface area contributed by atoms with Crippen LogP contribution < -0.4 is 9.62 Å². The lowest BCUT2D eigenvalue weighted by molar-refractivity contribution is -0.120. The first-order chi connectivity index (χ1) is 15.7. The minimum atomic E-state index is -3.97. The molecule has 0 heterocycles. The Labute approximate surface area is 201 Å². The zero-order chi connectivity index (χ0) is 24.0. The van der Waals surface area contributed by atoms with Crippen LogP contribution in [0.3, 0.4) is 0 Å². The monoisotopic (exact) mass is 484 g/mol. The van der Waals surface area contributed by atoms with Gasteiger partial charge in [0.2, 0.25) is 5.91 Å². The van der Waals surface area contributed by atoms with Crippen molar-refractivity contribution < 1.29 is 13.2 Å². The first-order valence-electron chi connectivity index (χ1n) is 10.9. The van der Waals surface area contributed by atoms with E-state index >= 15 is 0 Å². The molecule has 0 aliphatic carbocycles. The molecule has 5 nitrogen and oxygen atoms in total. The van der Waals surface area contributed by atoms with E-state index in [9.17, 15) is 13.2 Å². The van der Waals surface area contributed by atoms with Crippen molar-refractivity contribution in [3.63, 3.8) is 0 Å². The molecule has 7 heteroatoms. The van der Waals surface area contributed by atoms with E-state index in [1.807, 2.05) is 51.1 Å². The van der Waals surface area contributed by atoms with E-state index in [0.717, 1.165) is 28.3 Å². The number of aryl methyl sites for hydroxylation is 3.